The smallest absolute Gasteiger partial charge is 0.132 e. The van der Waals surface area contributed by atoms with Gasteiger partial charge in [0.25, 0.3) is 0 Å². The molecule has 0 bridgehead atoms. The van der Waals surface area contributed by atoms with Crippen LogP contribution in [0.4, 0.5) is 0 Å². The van der Waals surface area contributed by atoms with Gasteiger partial charge in [0.15, 0.2) is 0 Å². The van der Waals surface area contributed by atoms with Gasteiger partial charge in [-0.05, 0) is 42.4 Å². The first-order valence-electron chi connectivity index (χ1n) is 5.64. The molecule has 1 atom stereocenters. The highest BCUT2D eigenvalue weighted by molar-refractivity contribution is 7.99. The summed E-state index contributed by atoms with van der Waals surface area (Å²) in [6.07, 6.45) is 2.44. The number of thiol groups is 1. The standard InChI is InChI=1S/C13H20OS2/c1-11(7-9-15)8-10-16-13-6-4-3-5-12(13)14-2/h3-6,11,15H,7-10H2,1-2H3. The predicted molar refractivity (Wildman–Crippen MR) is 76.0 cm³/mol. The Morgan fingerprint density at radius 3 is 2.75 bits per heavy atom. The van der Waals surface area contributed by atoms with E-state index in [1.807, 2.05) is 23.9 Å². The zero-order valence-corrected chi connectivity index (χ0v) is 11.7. The molecule has 0 spiro atoms. The van der Waals surface area contributed by atoms with E-state index in [1.165, 1.54) is 17.7 Å². The van der Waals surface area contributed by atoms with E-state index >= 15 is 0 Å². The van der Waals surface area contributed by atoms with Crippen molar-refractivity contribution in [2.45, 2.75) is 24.7 Å². The first-order chi connectivity index (χ1) is 7.77. The van der Waals surface area contributed by atoms with Crippen LogP contribution in [0, 0.1) is 5.92 Å². The highest BCUT2D eigenvalue weighted by Crippen LogP contribution is 2.29. The number of benzene rings is 1. The van der Waals surface area contributed by atoms with E-state index in [-0.39, 0.29) is 0 Å². The summed E-state index contributed by atoms with van der Waals surface area (Å²) in [7, 11) is 1.73. The molecule has 0 N–H and O–H groups in total. The van der Waals surface area contributed by atoms with E-state index in [0.717, 1.165) is 23.2 Å². The summed E-state index contributed by atoms with van der Waals surface area (Å²) in [5, 5.41) is 0. The minimum absolute atomic E-state index is 0.764. The Morgan fingerprint density at radius 2 is 2.06 bits per heavy atom. The van der Waals surface area contributed by atoms with Crippen LogP contribution in [-0.4, -0.2) is 18.6 Å². The molecule has 0 aliphatic heterocycles. The maximum atomic E-state index is 5.32. The highest BCUT2D eigenvalue weighted by atomic mass is 32.2. The van der Waals surface area contributed by atoms with E-state index in [4.69, 9.17) is 4.74 Å². The Labute approximate surface area is 108 Å². The Bertz CT molecular complexity index is 302. The van der Waals surface area contributed by atoms with Gasteiger partial charge in [-0.15, -0.1) is 11.8 Å². The van der Waals surface area contributed by atoms with Gasteiger partial charge in [0.2, 0.25) is 0 Å². The van der Waals surface area contributed by atoms with Gasteiger partial charge in [-0.3, -0.25) is 0 Å². The van der Waals surface area contributed by atoms with Gasteiger partial charge < -0.3 is 4.74 Å². The van der Waals surface area contributed by atoms with Crippen molar-refractivity contribution in [3.05, 3.63) is 24.3 Å². The van der Waals surface area contributed by atoms with Crippen LogP contribution in [0.15, 0.2) is 29.2 Å². The summed E-state index contributed by atoms with van der Waals surface area (Å²) in [5.74, 6) is 3.88. The summed E-state index contributed by atoms with van der Waals surface area (Å²) in [6, 6.07) is 8.20. The highest BCUT2D eigenvalue weighted by Gasteiger charge is 2.04. The molecule has 0 radical (unpaired) electrons. The van der Waals surface area contributed by atoms with Crippen LogP contribution in [-0.2, 0) is 0 Å². The summed E-state index contributed by atoms with van der Waals surface area (Å²) < 4.78 is 5.32. The van der Waals surface area contributed by atoms with Crippen LogP contribution in [0.25, 0.3) is 0 Å². The molecule has 1 nitrogen and oxygen atoms in total. The minimum atomic E-state index is 0.764. The van der Waals surface area contributed by atoms with Crippen molar-refractivity contribution in [3.8, 4) is 5.75 Å². The zero-order valence-electron chi connectivity index (χ0n) is 9.98. The van der Waals surface area contributed by atoms with Gasteiger partial charge in [0.1, 0.15) is 5.75 Å². The molecular weight excluding hydrogens is 236 g/mol. The van der Waals surface area contributed by atoms with E-state index < -0.39 is 0 Å². The molecule has 1 aromatic rings. The maximum absolute atomic E-state index is 5.32. The van der Waals surface area contributed by atoms with Crippen LogP contribution < -0.4 is 4.74 Å². The van der Waals surface area contributed by atoms with Gasteiger partial charge in [0, 0.05) is 4.90 Å². The van der Waals surface area contributed by atoms with E-state index in [0.29, 0.717) is 0 Å². The Hall–Kier alpha value is -0.280. The lowest BCUT2D eigenvalue weighted by molar-refractivity contribution is 0.405. The molecule has 0 fully saturated rings. The fraction of sp³-hybridized carbons (Fsp3) is 0.538. The molecule has 0 aliphatic carbocycles. The van der Waals surface area contributed by atoms with Crippen molar-refractivity contribution in [1.82, 2.24) is 0 Å². The topological polar surface area (TPSA) is 9.23 Å². The van der Waals surface area contributed by atoms with Crippen molar-refractivity contribution in [2.75, 3.05) is 18.6 Å². The second-order valence-electron chi connectivity index (χ2n) is 3.91. The van der Waals surface area contributed by atoms with Gasteiger partial charge in [-0.25, -0.2) is 0 Å². The third kappa shape index (κ3) is 4.71. The van der Waals surface area contributed by atoms with Crippen LogP contribution in [0.1, 0.15) is 19.8 Å². The number of thioether (sulfide) groups is 1. The summed E-state index contributed by atoms with van der Waals surface area (Å²) in [4.78, 5) is 1.24. The molecular formula is C13H20OS2. The normalized spacial score (nSPS) is 12.4. The Balaban J connectivity index is 2.36. The number of para-hydroxylation sites is 1. The third-order valence-electron chi connectivity index (χ3n) is 2.56. The van der Waals surface area contributed by atoms with Crippen LogP contribution in [0.5, 0.6) is 5.75 Å². The maximum Gasteiger partial charge on any atom is 0.132 e. The van der Waals surface area contributed by atoms with E-state index in [2.05, 4.69) is 31.7 Å². The third-order valence-corrected chi connectivity index (χ3v) is 3.91. The van der Waals surface area contributed by atoms with Crippen molar-refractivity contribution in [2.24, 2.45) is 5.92 Å². The fourth-order valence-corrected chi connectivity index (χ4v) is 3.12. The number of hydrogen-bond acceptors (Lipinski definition) is 3. The van der Waals surface area contributed by atoms with Crippen LogP contribution >= 0.6 is 24.4 Å². The zero-order chi connectivity index (χ0) is 11.8. The lowest BCUT2D eigenvalue weighted by Crippen LogP contribution is -1.97. The van der Waals surface area contributed by atoms with Crippen molar-refractivity contribution in [3.63, 3.8) is 0 Å². The number of rotatable bonds is 7. The summed E-state index contributed by atoms with van der Waals surface area (Å²) in [5.41, 5.74) is 0. The van der Waals surface area contributed by atoms with Crippen molar-refractivity contribution in [1.29, 1.82) is 0 Å². The molecule has 1 unspecified atom stereocenters. The molecule has 1 aromatic carbocycles. The quantitative estimate of drug-likeness (QED) is 0.580. The first-order valence-corrected chi connectivity index (χ1v) is 7.26. The largest absolute Gasteiger partial charge is 0.496 e. The molecule has 0 saturated carbocycles. The fourth-order valence-electron chi connectivity index (χ4n) is 1.47. The Morgan fingerprint density at radius 1 is 1.31 bits per heavy atom. The average molecular weight is 256 g/mol. The minimum Gasteiger partial charge on any atom is -0.496 e. The summed E-state index contributed by atoms with van der Waals surface area (Å²) >= 11 is 6.13. The molecule has 0 aromatic heterocycles. The summed E-state index contributed by atoms with van der Waals surface area (Å²) in [6.45, 7) is 2.29. The molecule has 16 heavy (non-hydrogen) atoms. The lowest BCUT2D eigenvalue weighted by Gasteiger charge is -2.10. The molecule has 90 valence electrons. The number of ether oxygens (including phenoxy) is 1. The number of methoxy groups -OCH3 is 1. The molecule has 0 saturated heterocycles. The molecule has 1 rings (SSSR count). The van der Waals surface area contributed by atoms with Crippen LogP contribution in [0.3, 0.4) is 0 Å². The van der Waals surface area contributed by atoms with Crippen molar-refractivity contribution < 1.29 is 4.74 Å². The monoisotopic (exact) mass is 256 g/mol. The lowest BCUT2D eigenvalue weighted by atomic mass is 10.1. The van der Waals surface area contributed by atoms with Gasteiger partial charge in [-0.2, -0.15) is 12.6 Å². The molecule has 0 heterocycles. The van der Waals surface area contributed by atoms with E-state index in [9.17, 15) is 0 Å². The van der Waals surface area contributed by atoms with Gasteiger partial charge >= 0.3 is 0 Å². The first kappa shape index (κ1) is 13.8. The molecule has 0 amide bonds. The SMILES string of the molecule is COc1ccccc1SCCC(C)CCS. The molecule has 3 heteroatoms. The second kappa shape index (κ2) is 7.91. The predicted octanol–water partition coefficient (Wildman–Crippen LogP) is 4.13. The number of hydrogen-bond donors (Lipinski definition) is 1. The Kier molecular flexibility index (Phi) is 6.81. The van der Waals surface area contributed by atoms with Gasteiger partial charge in [-0.1, -0.05) is 19.1 Å². The van der Waals surface area contributed by atoms with Gasteiger partial charge in [0.05, 0.1) is 7.11 Å². The van der Waals surface area contributed by atoms with E-state index in [1.54, 1.807) is 7.11 Å². The second-order valence-corrected chi connectivity index (χ2v) is 5.49. The molecule has 0 aliphatic rings. The van der Waals surface area contributed by atoms with Crippen LogP contribution in [0.2, 0.25) is 0 Å². The average Bonchev–Trinajstić information content (AvgIpc) is 2.30. The van der Waals surface area contributed by atoms with Crippen molar-refractivity contribution >= 4 is 24.4 Å².